The van der Waals surface area contributed by atoms with Gasteiger partial charge in [-0.15, -0.1) is 0 Å². The second-order valence-electron chi connectivity index (χ2n) is 2.89. The molecule has 0 aromatic carbocycles. The van der Waals surface area contributed by atoms with Gasteiger partial charge in [0.05, 0.1) is 12.8 Å². The molecule has 1 rings (SSSR count). The highest BCUT2D eigenvalue weighted by molar-refractivity contribution is 7.89. The number of carbonyl (C=O) groups is 1. The first kappa shape index (κ1) is 12.6. The first-order chi connectivity index (χ1) is 7.45. The number of aliphatic hydroxyl groups is 1. The van der Waals surface area contributed by atoms with Crippen molar-refractivity contribution in [2.75, 3.05) is 13.2 Å². The van der Waals surface area contributed by atoms with Gasteiger partial charge in [-0.3, -0.25) is 9.48 Å². The molecule has 0 aliphatic carbocycles. The van der Waals surface area contributed by atoms with E-state index in [9.17, 15) is 13.2 Å². The van der Waals surface area contributed by atoms with Crippen molar-refractivity contribution in [1.29, 1.82) is 0 Å². The molecule has 0 aliphatic heterocycles. The Balaban J connectivity index is 2.80. The Morgan fingerprint density at radius 2 is 2.25 bits per heavy atom. The molecule has 0 amide bonds. The molecule has 0 radical (unpaired) electrons. The zero-order chi connectivity index (χ0) is 12.2. The van der Waals surface area contributed by atoms with Crippen LogP contribution in [0, 0.1) is 0 Å². The number of hydrogen-bond acceptors (Lipinski definition) is 5. The van der Waals surface area contributed by atoms with Crippen LogP contribution in [0.25, 0.3) is 0 Å². The molecule has 0 spiro atoms. The smallest absolute Gasteiger partial charge is 0.325 e. The topological polar surface area (TPSA) is 122 Å². The van der Waals surface area contributed by atoms with E-state index < -0.39 is 22.5 Å². The van der Waals surface area contributed by atoms with Crippen LogP contribution >= 0.6 is 0 Å². The van der Waals surface area contributed by atoms with Gasteiger partial charge in [-0.2, -0.15) is 5.10 Å². The average Bonchev–Trinajstić information content (AvgIpc) is 2.63. The largest absolute Gasteiger partial charge is 0.480 e. The summed E-state index contributed by atoms with van der Waals surface area (Å²) in [5.74, 6) is -1.12. The molecule has 1 aromatic rings. The lowest BCUT2D eigenvalue weighted by atomic mass is 10.6. The van der Waals surface area contributed by atoms with Gasteiger partial charge in [0.1, 0.15) is 11.4 Å². The van der Waals surface area contributed by atoms with Crippen LogP contribution in [0.15, 0.2) is 17.3 Å². The first-order valence-corrected chi connectivity index (χ1v) is 5.79. The van der Waals surface area contributed by atoms with E-state index in [1.165, 1.54) is 0 Å². The number of sulfonamides is 1. The van der Waals surface area contributed by atoms with Crippen LogP contribution in [0.1, 0.15) is 0 Å². The molecule has 0 aliphatic rings. The molecule has 9 heteroatoms. The minimum absolute atomic E-state index is 0.105. The van der Waals surface area contributed by atoms with Crippen molar-refractivity contribution in [2.45, 2.75) is 11.4 Å². The highest BCUT2D eigenvalue weighted by Gasteiger charge is 2.16. The molecular weight excluding hydrogens is 238 g/mol. The van der Waals surface area contributed by atoms with E-state index in [2.05, 4.69) is 9.82 Å². The van der Waals surface area contributed by atoms with Gasteiger partial charge in [0.2, 0.25) is 10.0 Å². The molecule has 3 N–H and O–H groups in total. The predicted octanol–water partition coefficient (Wildman–Crippen LogP) is -1.76. The summed E-state index contributed by atoms with van der Waals surface area (Å²) < 4.78 is 26.0. The van der Waals surface area contributed by atoms with Crippen molar-refractivity contribution in [3.8, 4) is 0 Å². The summed E-state index contributed by atoms with van der Waals surface area (Å²) in [4.78, 5) is 10.2. The number of aliphatic carboxylic acids is 1. The highest BCUT2D eigenvalue weighted by Crippen LogP contribution is 2.06. The van der Waals surface area contributed by atoms with E-state index in [-0.39, 0.29) is 18.0 Å². The van der Waals surface area contributed by atoms with E-state index in [1.807, 2.05) is 0 Å². The van der Waals surface area contributed by atoms with Gasteiger partial charge < -0.3 is 10.2 Å². The Morgan fingerprint density at radius 3 is 2.81 bits per heavy atom. The lowest BCUT2D eigenvalue weighted by Crippen LogP contribution is -2.26. The molecule has 0 saturated carbocycles. The summed E-state index contributed by atoms with van der Waals surface area (Å²) in [6.07, 6.45) is 2.15. The third kappa shape index (κ3) is 3.29. The maximum atomic E-state index is 11.5. The normalized spacial score (nSPS) is 11.6. The van der Waals surface area contributed by atoms with Gasteiger partial charge in [0, 0.05) is 12.7 Å². The van der Waals surface area contributed by atoms with Gasteiger partial charge in [0.25, 0.3) is 0 Å². The molecular formula is C7H11N3O5S. The Morgan fingerprint density at radius 1 is 1.56 bits per heavy atom. The molecule has 0 atom stereocenters. The third-order valence-corrected chi connectivity index (χ3v) is 3.04. The van der Waals surface area contributed by atoms with Crippen LogP contribution in [0.3, 0.4) is 0 Å². The molecule has 1 heterocycles. The molecule has 1 aromatic heterocycles. The Hall–Kier alpha value is -1.45. The fourth-order valence-corrected chi connectivity index (χ4v) is 1.94. The average molecular weight is 249 g/mol. The van der Waals surface area contributed by atoms with Crippen molar-refractivity contribution in [2.24, 2.45) is 0 Å². The molecule has 8 nitrogen and oxygen atoms in total. The number of aliphatic hydroxyl groups excluding tert-OH is 1. The van der Waals surface area contributed by atoms with Crippen molar-refractivity contribution in [3.63, 3.8) is 0 Å². The summed E-state index contributed by atoms with van der Waals surface area (Å²) in [5.41, 5.74) is 0. The van der Waals surface area contributed by atoms with Crippen molar-refractivity contribution < 1.29 is 23.4 Å². The summed E-state index contributed by atoms with van der Waals surface area (Å²) in [6, 6.07) is 0. The second kappa shape index (κ2) is 5.05. The summed E-state index contributed by atoms with van der Waals surface area (Å²) in [7, 11) is -3.72. The van der Waals surface area contributed by atoms with Gasteiger partial charge in [0.15, 0.2) is 0 Å². The van der Waals surface area contributed by atoms with Crippen LogP contribution in [0.2, 0.25) is 0 Å². The fraction of sp³-hybridized carbons (Fsp3) is 0.429. The first-order valence-electron chi connectivity index (χ1n) is 4.30. The number of aromatic nitrogens is 2. The van der Waals surface area contributed by atoms with E-state index in [4.69, 9.17) is 10.2 Å². The van der Waals surface area contributed by atoms with Crippen molar-refractivity contribution >= 4 is 16.0 Å². The standard InChI is InChI=1S/C7H11N3O5S/c11-2-1-9-16(14,15)6-3-8-10(4-6)5-7(12)13/h3-4,9,11H,1-2,5H2,(H,12,13). The Kier molecular flexibility index (Phi) is 3.99. The monoisotopic (exact) mass is 249 g/mol. The Labute approximate surface area is 91.6 Å². The lowest BCUT2D eigenvalue weighted by molar-refractivity contribution is -0.137. The predicted molar refractivity (Wildman–Crippen MR) is 52.1 cm³/mol. The molecule has 0 bridgehead atoms. The van der Waals surface area contributed by atoms with Crippen LogP contribution < -0.4 is 4.72 Å². The number of nitrogens with one attached hydrogen (secondary N) is 1. The molecule has 0 saturated heterocycles. The van der Waals surface area contributed by atoms with E-state index >= 15 is 0 Å². The van der Waals surface area contributed by atoms with Crippen LogP contribution in [0.5, 0.6) is 0 Å². The lowest BCUT2D eigenvalue weighted by Gasteiger charge is -2.01. The maximum absolute atomic E-state index is 11.5. The zero-order valence-corrected chi connectivity index (χ0v) is 9.01. The quantitative estimate of drug-likeness (QED) is 0.549. The van der Waals surface area contributed by atoms with Gasteiger partial charge >= 0.3 is 5.97 Å². The molecule has 16 heavy (non-hydrogen) atoms. The van der Waals surface area contributed by atoms with Gasteiger partial charge in [-0.25, -0.2) is 13.1 Å². The zero-order valence-electron chi connectivity index (χ0n) is 8.20. The summed E-state index contributed by atoms with van der Waals surface area (Å²) >= 11 is 0. The fourth-order valence-electron chi connectivity index (χ4n) is 0.972. The van der Waals surface area contributed by atoms with Crippen LogP contribution in [0.4, 0.5) is 0 Å². The number of rotatable bonds is 6. The Bertz CT molecular complexity index is 466. The molecule has 0 fully saturated rings. The number of hydrogen-bond donors (Lipinski definition) is 3. The summed E-state index contributed by atoms with van der Waals surface area (Å²) in [5, 5.41) is 20.5. The summed E-state index contributed by atoms with van der Waals surface area (Å²) in [6.45, 7) is -0.829. The number of carboxylic acid groups (broad SMARTS) is 1. The molecule has 90 valence electrons. The van der Waals surface area contributed by atoms with Crippen molar-refractivity contribution in [3.05, 3.63) is 12.4 Å². The van der Waals surface area contributed by atoms with Crippen LogP contribution in [-0.2, 0) is 21.4 Å². The van der Waals surface area contributed by atoms with Gasteiger partial charge in [-0.05, 0) is 0 Å². The number of carboxylic acids is 1. The van der Waals surface area contributed by atoms with E-state index in [0.717, 1.165) is 17.1 Å². The maximum Gasteiger partial charge on any atom is 0.325 e. The van der Waals surface area contributed by atoms with Crippen molar-refractivity contribution in [1.82, 2.24) is 14.5 Å². The molecule has 0 unspecified atom stereocenters. The SMILES string of the molecule is O=C(O)Cn1cc(S(=O)(=O)NCCO)cn1. The third-order valence-electron chi connectivity index (χ3n) is 1.62. The minimum Gasteiger partial charge on any atom is -0.480 e. The number of nitrogens with zero attached hydrogens (tertiary/aromatic N) is 2. The van der Waals surface area contributed by atoms with E-state index in [0.29, 0.717) is 0 Å². The minimum atomic E-state index is -3.72. The highest BCUT2D eigenvalue weighted by atomic mass is 32.2. The van der Waals surface area contributed by atoms with Crippen LogP contribution in [-0.4, -0.2) is 47.5 Å². The van der Waals surface area contributed by atoms with Gasteiger partial charge in [-0.1, -0.05) is 0 Å². The van der Waals surface area contributed by atoms with E-state index in [1.54, 1.807) is 0 Å². The second-order valence-corrected chi connectivity index (χ2v) is 4.66.